The molecule has 7 heteroatoms. The first-order chi connectivity index (χ1) is 12.0. The summed E-state index contributed by atoms with van der Waals surface area (Å²) in [4.78, 5) is 29.4. The van der Waals surface area contributed by atoms with Crippen molar-refractivity contribution < 1.29 is 18.4 Å². The zero-order chi connectivity index (χ0) is 17.8. The van der Waals surface area contributed by atoms with E-state index in [4.69, 9.17) is 10.2 Å². The number of oxazole rings is 1. The molecule has 1 unspecified atom stereocenters. The van der Waals surface area contributed by atoms with Crippen LogP contribution in [0.2, 0.25) is 0 Å². The minimum Gasteiger partial charge on any atom is -0.441 e. The van der Waals surface area contributed by atoms with Gasteiger partial charge in [-0.2, -0.15) is 0 Å². The van der Waals surface area contributed by atoms with Crippen molar-refractivity contribution in [1.29, 1.82) is 0 Å². The Morgan fingerprint density at radius 1 is 1.36 bits per heavy atom. The topological polar surface area (TPSA) is 89.4 Å². The number of piperidine rings is 1. The molecule has 132 valence electrons. The fourth-order valence-corrected chi connectivity index (χ4v) is 3.02. The molecule has 2 heterocycles. The number of primary amides is 1. The minimum atomic E-state index is -0.382. The molecule has 0 aliphatic carbocycles. The smallest absolute Gasteiger partial charge is 0.223 e. The highest BCUT2D eigenvalue weighted by atomic mass is 19.1. The van der Waals surface area contributed by atoms with Crippen molar-refractivity contribution in [2.24, 2.45) is 11.7 Å². The van der Waals surface area contributed by atoms with E-state index in [-0.39, 0.29) is 30.0 Å². The largest absolute Gasteiger partial charge is 0.441 e. The number of amides is 2. The summed E-state index contributed by atoms with van der Waals surface area (Å²) in [5.74, 6) is -0.349. The number of aryl methyl sites for hydroxylation is 1. The van der Waals surface area contributed by atoms with E-state index in [1.807, 2.05) is 0 Å². The summed E-state index contributed by atoms with van der Waals surface area (Å²) in [7, 11) is 0. The molecule has 1 aliphatic heterocycles. The summed E-state index contributed by atoms with van der Waals surface area (Å²) in [6.45, 7) is 1.01. The van der Waals surface area contributed by atoms with Crippen LogP contribution in [0.5, 0.6) is 0 Å². The fourth-order valence-electron chi connectivity index (χ4n) is 3.02. The van der Waals surface area contributed by atoms with E-state index in [2.05, 4.69) is 4.98 Å². The van der Waals surface area contributed by atoms with Crippen LogP contribution in [0.3, 0.4) is 0 Å². The summed E-state index contributed by atoms with van der Waals surface area (Å²) in [6.07, 6.45) is 3.51. The Morgan fingerprint density at radius 3 is 2.92 bits per heavy atom. The fraction of sp³-hybridized carbons (Fsp3) is 0.389. The maximum atomic E-state index is 13.8. The molecule has 3 rings (SSSR count). The van der Waals surface area contributed by atoms with Crippen molar-refractivity contribution in [1.82, 2.24) is 9.88 Å². The van der Waals surface area contributed by atoms with Crippen LogP contribution in [-0.4, -0.2) is 34.8 Å². The average Bonchev–Trinajstić information content (AvgIpc) is 3.09. The van der Waals surface area contributed by atoms with Crippen LogP contribution < -0.4 is 5.73 Å². The van der Waals surface area contributed by atoms with Crippen molar-refractivity contribution >= 4 is 11.8 Å². The molecule has 1 aromatic carbocycles. The number of aromatic nitrogens is 1. The first-order valence-corrected chi connectivity index (χ1v) is 8.31. The summed E-state index contributed by atoms with van der Waals surface area (Å²) in [6, 6.07) is 6.29. The quantitative estimate of drug-likeness (QED) is 0.899. The Bertz CT molecular complexity index is 774. The second-order valence-electron chi connectivity index (χ2n) is 6.18. The Morgan fingerprint density at radius 2 is 2.16 bits per heavy atom. The molecule has 1 atom stereocenters. The van der Waals surface area contributed by atoms with E-state index in [0.29, 0.717) is 36.7 Å². The number of benzene rings is 1. The summed E-state index contributed by atoms with van der Waals surface area (Å²) in [5, 5.41) is 0. The predicted octanol–water partition coefficient (Wildman–Crippen LogP) is 2.14. The predicted molar refractivity (Wildman–Crippen MR) is 88.7 cm³/mol. The van der Waals surface area contributed by atoms with Crippen molar-refractivity contribution in [3.05, 3.63) is 42.2 Å². The Hall–Kier alpha value is -2.70. The van der Waals surface area contributed by atoms with Gasteiger partial charge in [0.25, 0.3) is 0 Å². The van der Waals surface area contributed by atoms with Gasteiger partial charge < -0.3 is 15.1 Å². The molecule has 1 aliphatic rings. The highest BCUT2D eigenvalue weighted by Gasteiger charge is 2.26. The molecule has 1 aromatic heterocycles. The van der Waals surface area contributed by atoms with E-state index in [9.17, 15) is 14.0 Å². The molecule has 25 heavy (non-hydrogen) atoms. The number of halogens is 1. The van der Waals surface area contributed by atoms with Crippen molar-refractivity contribution in [2.45, 2.75) is 25.7 Å². The summed E-state index contributed by atoms with van der Waals surface area (Å²) < 4.78 is 19.3. The Kier molecular flexibility index (Phi) is 5.11. The second-order valence-corrected chi connectivity index (χ2v) is 6.18. The van der Waals surface area contributed by atoms with Crippen LogP contribution in [0.25, 0.3) is 11.3 Å². The minimum absolute atomic E-state index is 0.0587. The van der Waals surface area contributed by atoms with Gasteiger partial charge in [-0.3, -0.25) is 9.59 Å². The number of hydrogen-bond donors (Lipinski definition) is 1. The SMILES string of the molecule is NC(=O)C1CCCN(C(=O)CCc2ncc(-c3ccccc3F)o2)C1. The average molecular weight is 345 g/mol. The van der Waals surface area contributed by atoms with Crippen LogP contribution in [0.4, 0.5) is 4.39 Å². The van der Waals surface area contributed by atoms with Gasteiger partial charge in [0.2, 0.25) is 11.8 Å². The lowest BCUT2D eigenvalue weighted by Crippen LogP contribution is -2.44. The molecule has 2 aromatic rings. The standard InChI is InChI=1S/C18H20FN3O3/c19-14-6-2-1-5-13(14)15-10-21-16(25-15)7-8-17(23)22-9-3-4-12(11-22)18(20)24/h1-2,5-6,10,12H,3-4,7-9,11H2,(H2,20,24). The molecular formula is C18H20FN3O3. The van der Waals surface area contributed by atoms with Crippen LogP contribution in [0.15, 0.2) is 34.9 Å². The number of carbonyl (C=O) groups excluding carboxylic acids is 2. The van der Waals surface area contributed by atoms with Gasteiger partial charge in [-0.1, -0.05) is 12.1 Å². The zero-order valence-corrected chi connectivity index (χ0v) is 13.8. The summed E-state index contributed by atoms with van der Waals surface area (Å²) >= 11 is 0. The lowest BCUT2D eigenvalue weighted by atomic mass is 9.97. The van der Waals surface area contributed by atoms with Gasteiger partial charge in [0.15, 0.2) is 11.7 Å². The van der Waals surface area contributed by atoms with Crippen LogP contribution in [0, 0.1) is 11.7 Å². The monoisotopic (exact) mass is 345 g/mol. The molecule has 0 radical (unpaired) electrons. The third-order valence-corrected chi connectivity index (χ3v) is 4.42. The van der Waals surface area contributed by atoms with E-state index in [1.165, 1.54) is 12.3 Å². The van der Waals surface area contributed by atoms with Gasteiger partial charge in [-0.25, -0.2) is 9.37 Å². The Balaban J connectivity index is 1.58. The highest BCUT2D eigenvalue weighted by Crippen LogP contribution is 2.24. The molecule has 1 fully saturated rings. The van der Waals surface area contributed by atoms with E-state index < -0.39 is 0 Å². The van der Waals surface area contributed by atoms with Crippen LogP contribution >= 0.6 is 0 Å². The van der Waals surface area contributed by atoms with Gasteiger partial charge in [0.1, 0.15) is 5.82 Å². The highest BCUT2D eigenvalue weighted by molar-refractivity contribution is 5.80. The summed E-state index contributed by atoms with van der Waals surface area (Å²) in [5.41, 5.74) is 5.67. The molecule has 0 saturated carbocycles. The number of nitrogens with zero attached hydrogens (tertiary/aromatic N) is 2. The van der Waals surface area contributed by atoms with Gasteiger partial charge in [-0.15, -0.1) is 0 Å². The van der Waals surface area contributed by atoms with Gasteiger partial charge in [0.05, 0.1) is 17.7 Å². The van der Waals surface area contributed by atoms with Gasteiger partial charge >= 0.3 is 0 Å². The number of hydrogen-bond acceptors (Lipinski definition) is 4. The van der Waals surface area contributed by atoms with E-state index in [0.717, 1.165) is 12.8 Å². The van der Waals surface area contributed by atoms with Crippen LogP contribution in [-0.2, 0) is 16.0 Å². The maximum Gasteiger partial charge on any atom is 0.223 e. The third-order valence-electron chi connectivity index (χ3n) is 4.42. The van der Waals surface area contributed by atoms with Crippen molar-refractivity contribution in [3.63, 3.8) is 0 Å². The number of likely N-dealkylation sites (tertiary alicyclic amines) is 1. The van der Waals surface area contributed by atoms with Crippen molar-refractivity contribution in [3.8, 4) is 11.3 Å². The maximum absolute atomic E-state index is 13.8. The van der Waals surface area contributed by atoms with Crippen LogP contribution in [0.1, 0.15) is 25.2 Å². The second kappa shape index (κ2) is 7.46. The number of carbonyl (C=O) groups is 2. The third kappa shape index (κ3) is 4.04. The molecule has 2 amide bonds. The van der Waals surface area contributed by atoms with Crippen molar-refractivity contribution in [2.75, 3.05) is 13.1 Å². The molecule has 2 N–H and O–H groups in total. The molecule has 0 spiro atoms. The zero-order valence-electron chi connectivity index (χ0n) is 13.8. The first kappa shape index (κ1) is 17.1. The van der Waals surface area contributed by atoms with Gasteiger partial charge in [0, 0.05) is 25.9 Å². The lowest BCUT2D eigenvalue weighted by Gasteiger charge is -2.31. The van der Waals surface area contributed by atoms with Gasteiger partial charge in [-0.05, 0) is 25.0 Å². The first-order valence-electron chi connectivity index (χ1n) is 8.31. The number of rotatable bonds is 5. The van der Waals surface area contributed by atoms with E-state index in [1.54, 1.807) is 23.1 Å². The molecule has 0 bridgehead atoms. The Labute approximate surface area is 144 Å². The number of nitrogens with two attached hydrogens (primary N) is 1. The normalized spacial score (nSPS) is 17.5. The lowest BCUT2D eigenvalue weighted by molar-refractivity contribution is -0.135. The molecule has 6 nitrogen and oxygen atoms in total. The molecular weight excluding hydrogens is 325 g/mol. The van der Waals surface area contributed by atoms with E-state index >= 15 is 0 Å². The molecule has 1 saturated heterocycles.